The molecular formula is C18H20F3N3O7S. The Balaban J connectivity index is 2.31. The van der Waals surface area contributed by atoms with E-state index >= 15 is 0 Å². The van der Waals surface area contributed by atoms with Crippen LogP contribution >= 0.6 is 0 Å². The number of halogens is 3. The summed E-state index contributed by atoms with van der Waals surface area (Å²) in [5.41, 5.74) is -4.62. The summed E-state index contributed by atoms with van der Waals surface area (Å²) in [6, 6.07) is 1.50. The molecule has 1 fully saturated rings. The molecule has 1 aromatic carbocycles. The first-order valence-electron chi connectivity index (χ1n) is 9.55. The quantitative estimate of drug-likeness (QED) is 0.695. The molecule has 1 saturated heterocycles. The van der Waals surface area contributed by atoms with Crippen molar-refractivity contribution in [2.45, 2.75) is 38.5 Å². The molecule has 1 atom stereocenters. The van der Waals surface area contributed by atoms with Crippen LogP contribution in [0.3, 0.4) is 0 Å². The van der Waals surface area contributed by atoms with Crippen LogP contribution in [0.25, 0.3) is 10.9 Å². The Morgan fingerprint density at radius 3 is 2.56 bits per heavy atom. The molecule has 176 valence electrons. The number of hydrogen-bond acceptors (Lipinski definition) is 7. The normalized spacial score (nSPS) is 17.0. The maximum Gasteiger partial charge on any atom is 0.444 e. The highest BCUT2D eigenvalue weighted by Crippen LogP contribution is 2.40. The number of aromatic nitrogens is 2. The number of ether oxygens (including phenoxy) is 2. The largest absolute Gasteiger partial charge is 0.447 e. The van der Waals surface area contributed by atoms with Gasteiger partial charge in [0.05, 0.1) is 35.4 Å². The van der Waals surface area contributed by atoms with E-state index < -0.39 is 56.1 Å². The molecule has 3 rings (SSSR count). The summed E-state index contributed by atoms with van der Waals surface area (Å²) >= 11 is 0. The van der Waals surface area contributed by atoms with Crippen molar-refractivity contribution < 1.29 is 35.9 Å². The van der Waals surface area contributed by atoms with Crippen LogP contribution in [-0.2, 0) is 25.7 Å². The monoisotopic (exact) mass is 479 g/mol. The highest BCUT2D eigenvalue weighted by atomic mass is 32.2. The van der Waals surface area contributed by atoms with Crippen molar-refractivity contribution in [1.29, 1.82) is 0 Å². The number of nitrogens with zero attached hydrogens (tertiary/aromatic N) is 2. The number of nitrogens with one attached hydrogen (secondary N) is 1. The molecule has 0 radical (unpaired) electrons. The van der Waals surface area contributed by atoms with Gasteiger partial charge < -0.3 is 14.5 Å². The first-order valence-corrected chi connectivity index (χ1v) is 11.4. The van der Waals surface area contributed by atoms with Gasteiger partial charge in [0, 0.05) is 6.61 Å². The summed E-state index contributed by atoms with van der Waals surface area (Å²) in [4.78, 5) is 39.9. The Hall–Kier alpha value is -2.87. The van der Waals surface area contributed by atoms with Gasteiger partial charge in [-0.2, -0.15) is 13.2 Å². The van der Waals surface area contributed by atoms with Gasteiger partial charge in [0.25, 0.3) is 15.6 Å². The third kappa shape index (κ3) is 4.50. The second-order valence-corrected chi connectivity index (χ2v) is 8.96. The van der Waals surface area contributed by atoms with Crippen molar-refractivity contribution in [1.82, 2.24) is 9.66 Å². The SMILES string of the molecule is CCCOC(=O)N(n1c(=O)[nH]c2cc(C(F)(F)F)c([C@H]3CCCO3)cc2c1=O)S(C)(=O)=O. The van der Waals surface area contributed by atoms with E-state index in [0.29, 0.717) is 25.2 Å². The van der Waals surface area contributed by atoms with Crippen LogP contribution in [0.15, 0.2) is 21.7 Å². The average molecular weight is 479 g/mol. The van der Waals surface area contributed by atoms with E-state index in [4.69, 9.17) is 9.47 Å². The van der Waals surface area contributed by atoms with Crippen LogP contribution in [0.5, 0.6) is 0 Å². The molecule has 2 aromatic rings. The topological polar surface area (TPSA) is 128 Å². The van der Waals surface area contributed by atoms with Gasteiger partial charge in [0.15, 0.2) is 0 Å². The summed E-state index contributed by atoms with van der Waals surface area (Å²) < 4.78 is 75.2. The van der Waals surface area contributed by atoms with Crippen LogP contribution in [0.1, 0.15) is 43.4 Å². The van der Waals surface area contributed by atoms with Gasteiger partial charge in [-0.15, -0.1) is 4.68 Å². The zero-order chi connectivity index (χ0) is 23.8. The fraction of sp³-hybridized carbons (Fsp3) is 0.500. The molecule has 1 N–H and O–H groups in total. The number of fused-ring (bicyclic) bond motifs is 1. The second-order valence-electron chi connectivity index (χ2n) is 7.15. The minimum Gasteiger partial charge on any atom is -0.447 e. The lowest BCUT2D eigenvalue weighted by molar-refractivity contribution is -0.139. The first kappa shape index (κ1) is 23.8. The van der Waals surface area contributed by atoms with E-state index in [1.165, 1.54) is 0 Å². The van der Waals surface area contributed by atoms with Gasteiger partial charge in [-0.1, -0.05) is 11.3 Å². The van der Waals surface area contributed by atoms with Crippen LogP contribution in [0, 0.1) is 0 Å². The summed E-state index contributed by atoms with van der Waals surface area (Å²) in [5.74, 6) is 0. The van der Waals surface area contributed by atoms with Crippen molar-refractivity contribution in [3.63, 3.8) is 0 Å². The van der Waals surface area contributed by atoms with Crippen molar-refractivity contribution >= 4 is 27.0 Å². The number of amides is 1. The van der Waals surface area contributed by atoms with E-state index in [2.05, 4.69) is 0 Å². The third-order valence-electron chi connectivity index (χ3n) is 4.71. The fourth-order valence-corrected chi connectivity index (χ4v) is 4.15. The lowest BCUT2D eigenvalue weighted by Crippen LogP contribution is -2.56. The molecule has 2 heterocycles. The second kappa shape index (κ2) is 8.58. The lowest BCUT2D eigenvalue weighted by Gasteiger charge is -2.21. The molecule has 1 aliphatic rings. The molecular weight excluding hydrogens is 459 g/mol. The molecule has 0 bridgehead atoms. The van der Waals surface area contributed by atoms with Gasteiger partial charge in [0.1, 0.15) is 0 Å². The van der Waals surface area contributed by atoms with Gasteiger partial charge in [0.2, 0.25) is 0 Å². The standard InChI is InChI=1S/C18H20F3N3O7S/c1-3-6-31-17(27)24(32(2,28)29)23-15(25)11-8-10(14-5-4-7-30-14)12(18(19,20)21)9-13(11)22-16(23)26/h8-9,14H,3-7H2,1-2H3,(H,22,26)/t14-/m1/s1. The molecule has 0 aliphatic carbocycles. The summed E-state index contributed by atoms with van der Waals surface area (Å²) in [5, 5.41) is -0.431. The fourth-order valence-electron chi connectivity index (χ4n) is 3.38. The lowest BCUT2D eigenvalue weighted by atomic mass is 9.97. The summed E-state index contributed by atoms with van der Waals surface area (Å²) in [6.07, 6.45) is -5.54. The molecule has 32 heavy (non-hydrogen) atoms. The van der Waals surface area contributed by atoms with Gasteiger partial charge in [-0.3, -0.25) is 4.79 Å². The highest BCUT2D eigenvalue weighted by molar-refractivity contribution is 7.92. The molecule has 10 nitrogen and oxygen atoms in total. The molecule has 0 spiro atoms. The number of carbonyl (C=O) groups excluding carboxylic acids is 1. The van der Waals surface area contributed by atoms with Crippen LogP contribution in [0.2, 0.25) is 0 Å². The number of H-pyrrole nitrogens is 1. The van der Waals surface area contributed by atoms with Crippen LogP contribution in [0.4, 0.5) is 18.0 Å². The zero-order valence-corrected chi connectivity index (χ0v) is 17.9. The highest BCUT2D eigenvalue weighted by Gasteiger charge is 2.38. The molecule has 14 heteroatoms. The number of hydrogen-bond donors (Lipinski definition) is 1. The van der Waals surface area contributed by atoms with E-state index in [1.807, 2.05) is 4.98 Å². The maximum absolute atomic E-state index is 13.6. The number of alkyl halides is 3. The number of rotatable bonds is 5. The van der Waals surface area contributed by atoms with Crippen molar-refractivity contribution in [2.24, 2.45) is 0 Å². The molecule has 1 amide bonds. The minimum atomic E-state index is -4.80. The zero-order valence-electron chi connectivity index (χ0n) is 17.1. The van der Waals surface area contributed by atoms with E-state index in [0.717, 1.165) is 6.07 Å². The molecule has 1 aromatic heterocycles. The molecule has 0 unspecified atom stereocenters. The first-order chi connectivity index (χ1) is 14.9. The number of aromatic amines is 1. The third-order valence-corrected chi connectivity index (χ3v) is 5.65. The van der Waals surface area contributed by atoms with E-state index in [9.17, 15) is 36.0 Å². The Labute approximate surface area is 179 Å². The van der Waals surface area contributed by atoms with E-state index in [-0.39, 0.29) is 34.3 Å². The van der Waals surface area contributed by atoms with Gasteiger partial charge in [-0.05, 0) is 37.0 Å². The van der Waals surface area contributed by atoms with Gasteiger partial charge in [-0.25, -0.2) is 18.0 Å². The van der Waals surface area contributed by atoms with Crippen molar-refractivity contribution in [3.05, 3.63) is 44.1 Å². The van der Waals surface area contributed by atoms with Crippen LogP contribution in [-0.4, -0.2) is 43.6 Å². The smallest absolute Gasteiger partial charge is 0.444 e. The van der Waals surface area contributed by atoms with Gasteiger partial charge >= 0.3 is 18.0 Å². The average Bonchev–Trinajstić information content (AvgIpc) is 3.21. The Morgan fingerprint density at radius 2 is 2.03 bits per heavy atom. The Bertz CT molecular complexity index is 1260. The predicted molar refractivity (Wildman–Crippen MR) is 106 cm³/mol. The van der Waals surface area contributed by atoms with Crippen molar-refractivity contribution in [2.75, 3.05) is 23.9 Å². The van der Waals surface area contributed by atoms with Crippen LogP contribution < -0.4 is 15.7 Å². The van der Waals surface area contributed by atoms with Crippen molar-refractivity contribution in [3.8, 4) is 0 Å². The van der Waals surface area contributed by atoms with E-state index in [1.54, 1.807) is 6.92 Å². The Kier molecular flexibility index (Phi) is 6.38. The maximum atomic E-state index is 13.6. The summed E-state index contributed by atoms with van der Waals surface area (Å²) in [7, 11) is -4.52. The number of carbonyl (C=O) groups is 1. The minimum absolute atomic E-state index is 0.0117. The predicted octanol–water partition coefficient (Wildman–Crippen LogP) is 2.00. The Morgan fingerprint density at radius 1 is 1.34 bits per heavy atom. The summed E-state index contributed by atoms with van der Waals surface area (Å²) in [6.45, 7) is 1.68. The molecule has 0 saturated carbocycles. The number of sulfonamides is 1. The molecule has 1 aliphatic heterocycles. The number of benzene rings is 1.